The molecule has 10 nitrogen and oxygen atoms in total. The second-order valence-corrected chi connectivity index (χ2v) is 11.1. The fourth-order valence-corrected chi connectivity index (χ4v) is 5.34. The number of likely N-dealkylation sites (tertiary alicyclic amines) is 1. The van der Waals surface area contributed by atoms with E-state index < -0.39 is 27.8 Å². The predicted octanol–water partition coefficient (Wildman–Crippen LogP) is 1.48. The number of nitrogens with zero attached hydrogens (tertiary/aromatic N) is 4. The zero-order chi connectivity index (χ0) is 25.9. The Morgan fingerprint density at radius 3 is 2.42 bits per heavy atom. The molecule has 0 bridgehead atoms. The van der Waals surface area contributed by atoms with Gasteiger partial charge in [-0.15, -0.1) is 0 Å². The lowest BCUT2D eigenvalue weighted by Crippen LogP contribution is -2.39. The van der Waals surface area contributed by atoms with Crippen LogP contribution in [0.25, 0.3) is 5.76 Å². The number of carbonyl (C=O) groups excluding carboxylic acids is 2. The van der Waals surface area contributed by atoms with Crippen molar-refractivity contribution in [1.82, 2.24) is 19.1 Å². The maximum Gasteiger partial charge on any atom is 0.295 e. The van der Waals surface area contributed by atoms with Crippen molar-refractivity contribution < 1.29 is 27.9 Å². The quantitative estimate of drug-likeness (QED) is 0.320. The van der Waals surface area contributed by atoms with E-state index in [2.05, 4.69) is 9.88 Å². The number of pyridine rings is 1. The van der Waals surface area contributed by atoms with Crippen molar-refractivity contribution in [2.75, 3.05) is 53.5 Å². The van der Waals surface area contributed by atoms with Crippen LogP contribution in [0, 0.1) is 0 Å². The van der Waals surface area contributed by atoms with E-state index in [1.165, 1.54) is 43.3 Å². The third-order valence-corrected chi connectivity index (χ3v) is 8.25. The number of Topliss-reactive ketones (excluding diaryl/α,β-unsaturated/α-hetero) is 1. The summed E-state index contributed by atoms with van der Waals surface area (Å²) in [5, 5.41) is 11.2. The van der Waals surface area contributed by atoms with Gasteiger partial charge in [0.05, 0.1) is 29.7 Å². The van der Waals surface area contributed by atoms with Crippen molar-refractivity contribution in [2.45, 2.75) is 17.4 Å². The molecule has 36 heavy (non-hydrogen) atoms. The van der Waals surface area contributed by atoms with Gasteiger partial charge >= 0.3 is 0 Å². The summed E-state index contributed by atoms with van der Waals surface area (Å²) in [6.45, 7) is 4.09. The highest BCUT2D eigenvalue weighted by Crippen LogP contribution is 2.39. The van der Waals surface area contributed by atoms with Crippen molar-refractivity contribution in [2.24, 2.45) is 0 Å². The Bertz CT molecular complexity index is 1240. The van der Waals surface area contributed by atoms with E-state index in [-0.39, 0.29) is 21.8 Å². The Kier molecular flexibility index (Phi) is 7.84. The van der Waals surface area contributed by atoms with E-state index in [0.717, 1.165) is 23.9 Å². The molecule has 0 unspecified atom stereocenters. The van der Waals surface area contributed by atoms with Crippen LogP contribution in [-0.2, 0) is 24.3 Å². The number of benzene rings is 1. The Labute approximate surface area is 210 Å². The van der Waals surface area contributed by atoms with Gasteiger partial charge in [0.2, 0.25) is 10.0 Å². The van der Waals surface area contributed by atoms with Gasteiger partial charge in [-0.2, -0.15) is 0 Å². The number of morpholine rings is 1. The fraction of sp³-hybridized carbons (Fsp3) is 0.400. The fourth-order valence-electron chi connectivity index (χ4n) is 4.44. The van der Waals surface area contributed by atoms with Crippen LogP contribution in [0.1, 0.15) is 23.6 Å². The van der Waals surface area contributed by atoms with Crippen LogP contribution in [-0.4, -0.2) is 97.8 Å². The molecule has 2 saturated heterocycles. The lowest BCUT2D eigenvalue weighted by atomic mass is 9.96. The third kappa shape index (κ3) is 5.19. The average Bonchev–Trinajstić information content (AvgIpc) is 3.14. The average molecular weight is 515 g/mol. The van der Waals surface area contributed by atoms with E-state index >= 15 is 0 Å². The van der Waals surface area contributed by atoms with Crippen LogP contribution in [0.3, 0.4) is 0 Å². The number of aromatic nitrogens is 1. The Morgan fingerprint density at radius 1 is 1.11 bits per heavy atom. The zero-order valence-electron chi connectivity index (χ0n) is 20.3. The Hall–Kier alpha value is -3.12. The third-order valence-electron chi connectivity index (χ3n) is 6.42. The number of aliphatic hydroxyl groups is 1. The Balaban J connectivity index is 1.66. The molecule has 0 radical (unpaired) electrons. The van der Waals surface area contributed by atoms with E-state index in [0.29, 0.717) is 31.7 Å². The second-order valence-electron chi connectivity index (χ2n) is 8.90. The lowest BCUT2D eigenvalue weighted by Gasteiger charge is -2.29. The molecular formula is C25H30N4O6S. The van der Waals surface area contributed by atoms with Crippen molar-refractivity contribution in [3.63, 3.8) is 0 Å². The van der Waals surface area contributed by atoms with Gasteiger partial charge in [-0.1, -0.05) is 6.07 Å². The monoisotopic (exact) mass is 514 g/mol. The van der Waals surface area contributed by atoms with E-state index in [1.54, 1.807) is 24.5 Å². The molecule has 1 aromatic heterocycles. The summed E-state index contributed by atoms with van der Waals surface area (Å²) in [7, 11) is -0.797. The van der Waals surface area contributed by atoms with Crippen LogP contribution < -0.4 is 0 Å². The molecule has 1 N–H and O–H groups in total. The molecule has 4 rings (SSSR count). The van der Waals surface area contributed by atoms with Gasteiger partial charge in [0, 0.05) is 58.2 Å². The minimum atomic E-state index is -3.65. The molecule has 0 saturated carbocycles. The minimum absolute atomic E-state index is 0.0393. The van der Waals surface area contributed by atoms with E-state index in [4.69, 9.17) is 4.74 Å². The van der Waals surface area contributed by atoms with Gasteiger partial charge in [0.25, 0.3) is 11.7 Å². The van der Waals surface area contributed by atoms with Crippen LogP contribution in [0.4, 0.5) is 0 Å². The number of sulfonamides is 1. The number of ether oxygens (including phenoxy) is 1. The van der Waals surface area contributed by atoms with Gasteiger partial charge in [0.1, 0.15) is 5.76 Å². The van der Waals surface area contributed by atoms with Crippen LogP contribution in [0.5, 0.6) is 0 Å². The molecule has 1 atom stereocenters. The summed E-state index contributed by atoms with van der Waals surface area (Å²) in [4.78, 5) is 34.1. The first-order valence-corrected chi connectivity index (χ1v) is 13.2. The maximum atomic E-state index is 13.1. The molecule has 11 heteroatoms. The smallest absolute Gasteiger partial charge is 0.295 e. The highest BCUT2D eigenvalue weighted by atomic mass is 32.2. The summed E-state index contributed by atoms with van der Waals surface area (Å²) >= 11 is 0. The van der Waals surface area contributed by atoms with Crippen molar-refractivity contribution in [1.29, 1.82) is 0 Å². The second kappa shape index (κ2) is 10.9. The molecule has 192 valence electrons. The summed E-state index contributed by atoms with van der Waals surface area (Å²) in [6.07, 6.45) is 3.82. The molecule has 0 aliphatic carbocycles. The topological polar surface area (TPSA) is 120 Å². The van der Waals surface area contributed by atoms with Gasteiger partial charge < -0.3 is 14.7 Å². The van der Waals surface area contributed by atoms with E-state index in [1.807, 2.05) is 0 Å². The number of aliphatic hydroxyl groups excluding tert-OH is 1. The zero-order valence-corrected chi connectivity index (χ0v) is 21.1. The van der Waals surface area contributed by atoms with Gasteiger partial charge in [-0.25, -0.2) is 12.7 Å². The molecule has 3 heterocycles. The van der Waals surface area contributed by atoms with E-state index in [9.17, 15) is 23.1 Å². The summed E-state index contributed by atoms with van der Waals surface area (Å²) in [5.41, 5.74) is 0.812. The lowest BCUT2D eigenvalue weighted by molar-refractivity contribution is -0.140. The first-order chi connectivity index (χ1) is 17.2. The number of rotatable bonds is 8. The summed E-state index contributed by atoms with van der Waals surface area (Å²) in [5.74, 6) is -1.82. The van der Waals surface area contributed by atoms with Crippen LogP contribution >= 0.6 is 0 Å². The maximum absolute atomic E-state index is 13.1. The first kappa shape index (κ1) is 26.0. The molecule has 1 amide bonds. The SMILES string of the molecule is CN(C)S(=O)(=O)c1ccc(C(O)=C2C(=O)C(=O)N(CCCN3CCOCC3)[C@H]2c2cccnc2)cc1. The Morgan fingerprint density at radius 2 is 1.81 bits per heavy atom. The number of carbonyl (C=O) groups is 2. The number of amides is 1. The highest BCUT2D eigenvalue weighted by Gasteiger charge is 2.46. The molecule has 2 aromatic rings. The highest BCUT2D eigenvalue weighted by molar-refractivity contribution is 7.89. The number of hydrogen-bond acceptors (Lipinski definition) is 8. The van der Waals surface area contributed by atoms with Crippen LogP contribution in [0.2, 0.25) is 0 Å². The first-order valence-electron chi connectivity index (χ1n) is 11.7. The largest absolute Gasteiger partial charge is 0.507 e. The van der Waals surface area contributed by atoms with Gasteiger partial charge in [-0.05, 0) is 42.3 Å². The molecule has 2 aliphatic heterocycles. The number of hydrogen-bond donors (Lipinski definition) is 1. The molecule has 2 fully saturated rings. The van der Waals surface area contributed by atoms with Crippen molar-refractivity contribution in [3.8, 4) is 0 Å². The van der Waals surface area contributed by atoms with Crippen molar-refractivity contribution >= 4 is 27.5 Å². The van der Waals surface area contributed by atoms with Gasteiger partial charge in [0.15, 0.2) is 0 Å². The standard InChI is InChI=1S/C25H30N4O6S/c1-27(2)36(33,34)20-8-6-18(7-9-20)23(30)21-22(19-5-3-10-26-17-19)29(25(32)24(21)31)12-4-11-28-13-15-35-16-14-28/h3,5-10,17,22,30H,4,11-16H2,1-2H3/t22-/m0/s1. The van der Waals surface area contributed by atoms with Crippen LogP contribution in [0.15, 0.2) is 59.3 Å². The van der Waals surface area contributed by atoms with Crippen molar-refractivity contribution in [3.05, 3.63) is 65.5 Å². The molecule has 2 aliphatic rings. The normalized spacial score (nSPS) is 20.9. The minimum Gasteiger partial charge on any atom is -0.507 e. The number of ketones is 1. The predicted molar refractivity (Wildman–Crippen MR) is 132 cm³/mol. The summed E-state index contributed by atoms with van der Waals surface area (Å²) in [6, 6.07) is 8.26. The molecule has 0 spiro atoms. The molecular weight excluding hydrogens is 484 g/mol. The van der Waals surface area contributed by atoms with Gasteiger partial charge in [-0.3, -0.25) is 19.5 Å². The summed E-state index contributed by atoms with van der Waals surface area (Å²) < 4.78 is 31.2. The molecule has 1 aromatic carbocycles.